The molecular weight excluding hydrogens is 1220 g/mol. The van der Waals surface area contributed by atoms with Gasteiger partial charge in [-0.1, -0.05) is 78.6 Å². The number of hydrogen-bond acceptors (Lipinski definition) is 17. The fourth-order valence-electron chi connectivity index (χ4n) is 9.16. The molecule has 11 rings (SSSR count). The van der Waals surface area contributed by atoms with E-state index in [1.54, 1.807) is 98.8 Å². The summed E-state index contributed by atoms with van der Waals surface area (Å²) in [5, 5.41) is 7.98. The molecule has 18 nitrogen and oxygen atoms in total. The van der Waals surface area contributed by atoms with Crippen LogP contribution in [0.15, 0.2) is 121 Å². The minimum Gasteiger partial charge on any atom is -0.503 e. The molecule has 5 aromatic carbocycles. The van der Waals surface area contributed by atoms with E-state index in [0.717, 1.165) is 28.7 Å². The van der Waals surface area contributed by atoms with Gasteiger partial charge in [0.2, 0.25) is 0 Å². The topological polar surface area (TPSA) is 244 Å². The Morgan fingerprint density at radius 3 is 1.49 bits per heavy atom. The fourth-order valence-corrected chi connectivity index (χ4v) is 14.5. The minimum atomic E-state index is -8.12. The summed E-state index contributed by atoms with van der Waals surface area (Å²) < 4.78 is 239. The standard InChI is InChI=1S/C49H28B2F9N7O11S5/c1-25(2)40-38-39(43(66(40)50-74-32-16-5-6-17-33(32)75-50)29(24-62)45-64-31-15-4-10-21-37(31)80-45)41(67(51-76-34-18-7-8-19-35(34)77-51)42(38)28(23-61)44-63-30-14-3-9-20-36(30)79-44)26-12-11-13-27(22-26)78-83(72,73)48(56,57)46(52,53)47(54,55)81(68,69)65-82(70,71)49(58,59)60/h3-22,25,65H,1-2H3/b42-28-,43-29-. The minimum absolute atomic E-state index is 0.0770. The van der Waals surface area contributed by atoms with Crippen molar-refractivity contribution in [2.24, 2.45) is 0 Å². The SMILES string of the molecule is CC(C)c1c2/c(=C(\C#N)c3nc4ccccc4s3)n(B3Oc4ccccc4O3)c(-c3cccc(OS(=O)(=O)C(F)(F)C(F)(F)C(F)(F)S(=O)(=O)NS(=O)(=O)C(F)(F)F)c3)c2/c(=C(\C#N)c2nc3ccccc3s2)n1B1Oc2ccccc2O1. The highest BCUT2D eigenvalue weighted by Crippen LogP contribution is 2.52. The van der Waals surface area contributed by atoms with Gasteiger partial charge in [-0.3, -0.25) is 0 Å². The van der Waals surface area contributed by atoms with Crippen LogP contribution in [0.5, 0.6) is 28.7 Å². The van der Waals surface area contributed by atoms with Gasteiger partial charge in [-0.05, 0) is 66.6 Å². The first-order valence-corrected chi connectivity index (χ1v) is 29.5. The van der Waals surface area contributed by atoms with Crippen LogP contribution < -0.4 is 37.6 Å². The van der Waals surface area contributed by atoms with E-state index in [1.807, 2.05) is 0 Å². The van der Waals surface area contributed by atoms with E-state index in [9.17, 15) is 48.9 Å². The van der Waals surface area contributed by atoms with E-state index < -0.39 is 88.0 Å². The van der Waals surface area contributed by atoms with Crippen molar-refractivity contribution in [3.63, 3.8) is 0 Å². The number of nitrogens with one attached hydrogen (secondary N) is 1. The van der Waals surface area contributed by atoms with E-state index in [-0.39, 0.29) is 77.0 Å². The Morgan fingerprint density at radius 2 is 1.05 bits per heavy atom. The van der Waals surface area contributed by atoms with Crippen LogP contribution in [0.1, 0.15) is 35.5 Å². The van der Waals surface area contributed by atoms with Crippen LogP contribution in [-0.2, 0) is 30.2 Å². The molecule has 4 aromatic heterocycles. The molecule has 2 aliphatic rings. The molecule has 34 heteroatoms. The van der Waals surface area contributed by atoms with Crippen molar-refractivity contribution in [2.45, 2.75) is 41.7 Å². The third-order valence-corrected chi connectivity index (χ3v) is 19.4. The zero-order valence-electron chi connectivity index (χ0n) is 41.4. The summed E-state index contributed by atoms with van der Waals surface area (Å²) >= 11 is 2.14. The molecule has 0 fully saturated rings. The van der Waals surface area contributed by atoms with Crippen molar-refractivity contribution in [1.29, 1.82) is 10.5 Å². The first-order chi connectivity index (χ1) is 39.0. The van der Waals surface area contributed by atoms with Gasteiger partial charge < -0.3 is 31.8 Å². The summed E-state index contributed by atoms with van der Waals surface area (Å²) in [6.45, 7) is 3.47. The van der Waals surface area contributed by atoms with Gasteiger partial charge in [0, 0.05) is 22.0 Å². The van der Waals surface area contributed by atoms with E-state index in [4.69, 9.17) is 28.6 Å². The molecule has 1 N–H and O–H groups in total. The number of aromatic nitrogens is 4. The Kier molecular flexibility index (Phi) is 13.4. The highest BCUT2D eigenvalue weighted by molar-refractivity contribution is 8.05. The maximum atomic E-state index is 15.8. The first-order valence-electron chi connectivity index (χ1n) is 23.5. The smallest absolute Gasteiger partial charge is 0.503 e. The van der Waals surface area contributed by atoms with Crippen molar-refractivity contribution < 1.29 is 87.6 Å². The number of sulfonamides is 2. The van der Waals surface area contributed by atoms with Gasteiger partial charge in [-0.15, -0.1) is 22.7 Å². The predicted molar refractivity (Wildman–Crippen MR) is 283 cm³/mol. The third-order valence-electron chi connectivity index (χ3n) is 12.7. The lowest BCUT2D eigenvalue weighted by molar-refractivity contribution is -0.245. The van der Waals surface area contributed by atoms with Crippen LogP contribution in [0, 0.1) is 22.7 Å². The molecule has 0 atom stereocenters. The average molecular weight is 1240 g/mol. The van der Waals surface area contributed by atoms with Gasteiger partial charge in [0.1, 0.15) is 62.0 Å². The van der Waals surface area contributed by atoms with Crippen LogP contribution in [-0.4, -0.2) is 80.6 Å². The lowest BCUT2D eigenvalue weighted by atomic mass is 10.0. The van der Waals surface area contributed by atoms with Crippen molar-refractivity contribution in [1.82, 2.24) is 23.1 Å². The largest absolute Gasteiger partial charge is 0.743 e. The number of fused-ring (bicyclic) bond motifs is 5. The lowest BCUT2D eigenvalue weighted by Gasteiger charge is -2.31. The second-order valence-electron chi connectivity index (χ2n) is 18.2. The summed E-state index contributed by atoms with van der Waals surface area (Å²) in [4.78, 5) is 9.59. The number of nitriles is 2. The van der Waals surface area contributed by atoms with Crippen LogP contribution in [0.2, 0.25) is 0 Å². The molecular formula is C49H28B2F9N7O11S5. The zero-order valence-corrected chi connectivity index (χ0v) is 45.5. The molecule has 83 heavy (non-hydrogen) atoms. The van der Waals surface area contributed by atoms with Crippen molar-refractivity contribution in [3.8, 4) is 52.1 Å². The van der Waals surface area contributed by atoms with Crippen LogP contribution in [0.3, 0.4) is 0 Å². The molecule has 0 saturated heterocycles. The first kappa shape index (κ1) is 56.6. The van der Waals surface area contributed by atoms with Crippen molar-refractivity contribution in [3.05, 3.63) is 148 Å². The van der Waals surface area contributed by atoms with E-state index >= 15 is 26.3 Å². The summed E-state index contributed by atoms with van der Waals surface area (Å²) in [6.07, 6.45) is 0. The van der Waals surface area contributed by atoms with Crippen LogP contribution >= 0.6 is 22.7 Å². The summed E-state index contributed by atoms with van der Waals surface area (Å²) in [7, 11) is -26.6. The molecule has 0 saturated carbocycles. The van der Waals surface area contributed by atoms with Gasteiger partial charge in [-0.25, -0.2) is 26.8 Å². The highest BCUT2D eigenvalue weighted by atomic mass is 32.3. The molecule has 9 aromatic rings. The molecule has 2 aliphatic heterocycles. The molecule has 0 unspecified atom stereocenters. The van der Waals surface area contributed by atoms with Crippen molar-refractivity contribution in [2.75, 3.05) is 0 Å². The van der Waals surface area contributed by atoms with Crippen LogP contribution in [0.4, 0.5) is 39.5 Å². The van der Waals surface area contributed by atoms with Crippen molar-refractivity contribution >= 4 is 110 Å². The summed E-state index contributed by atoms with van der Waals surface area (Å²) in [5.41, 5.74) is -6.79. The third kappa shape index (κ3) is 8.96. The van der Waals surface area contributed by atoms with Gasteiger partial charge in [0.25, 0.3) is 10.0 Å². The van der Waals surface area contributed by atoms with E-state index in [1.165, 1.54) is 27.2 Å². The molecule has 0 bridgehead atoms. The number of halogens is 9. The normalized spacial score (nSPS) is 14.9. The predicted octanol–water partition coefficient (Wildman–Crippen LogP) is 8.81. The number of thiazole rings is 2. The molecule has 0 amide bonds. The number of hydrogen-bond donors (Lipinski definition) is 1. The number of nitrogens with zero attached hydrogens (tertiary/aromatic N) is 6. The molecule has 0 radical (unpaired) electrons. The Labute approximate surface area is 470 Å². The zero-order chi connectivity index (χ0) is 59.6. The maximum absolute atomic E-state index is 15.8. The average Bonchev–Trinajstić information content (AvgIpc) is 1.73. The number of para-hydroxylation sites is 6. The molecule has 424 valence electrons. The Bertz CT molecular complexity index is 4580. The fraction of sp³-hybridized carbons (Fsp3) is 0.143. The molecule has 6 heterocycles. The Balaban J connectivity index is 1.24. The van der Waals surface area contributed by atoms with Crippen LogP contribution in [0.25, 0.3) is 53.6 Å². The second-order valence-corrected chi connectivity index (χ2v) is 25.5. The number of alkyl halides is 9. The quantitative estimate of drug-likeness (QED) is 0.0607. The maximum Gasteiger partial charge on any atom is 0.743 e. The molecule has 0 aliphatic carbocycles. The van der Waals surface area contributed by atoms with Gasteiger partial charge in [-0.2, -0.15) is 58.5 Å². The monoisotopic (exact) mass is 1240 g/mol. The number of rotatable bonds is 14. The Hall–Kier alpha value is -8.27. The Morgan fingerprint density at radius 1 is 0.602 bits per heavy atom. The summed E-state index contributed by atoms with van der Waals surface area (Å²) in [5.74, 6) is -9.26. The van der Waals surface area contributed by atoms with E-state index in [0.29, 0.717) is 32.6 Å². The molecule has 0 spiro atoms. The second kappa shape index (κ2) is 19.7. The van der Waals surface area contributed by atoms with Gasteiger partial charge >= 0.3 is 56.6 Å². The van der Waals surface area contributed by atoms with Gasteiger partial charge in [0.05, 0.1) is 36.8 Å². The van der Waals surface area contributed by atoms with E-state index in [2.05, 4.69) is 16.3 Å². The highest BCUT2D eigenvalue weighted by Gasteiger charge is 2.83. The summed E-state index contributed by atoms with van der Waals surface area (Å²) in [6, 6.07) is 34.0. The number of benzene rings is 5. The lowest BCUT2D eigenvalue weighted by Crippen LogP contribution is -2.64. The van der Waals surface area contributed by atoms with Gasteiger partial charge in [0.15, 0.2) is 0 Å².